The third-order valence-corrected chi connectivity index (χ3v) is 4.48. The summed E-state index contributed by atoms with van der Waals surface area (Å²) < 4.78 is 27.7. The van der Waals surface area contributed by atoms with Gasteiger partial charge in [0, 0.05) is 11.8 Å². The average Bonchev–Trinajstić information content (AvgIpc) is 3.05. The smallest absolute Gasteiger partial charge is 0.234 e. The fourth-order valence-electron chi connectivity index (χ4n) is 2.36. The second-order valence-corrected chi connectivity index (χ2v) is 6.57. The van der Waals surface area contributed by atoms with E-state index < -0.39 is 11.6 Å². The van der Waals surface area contributed by atoms with Crippen molar-refractivity contribution in [2.45, 2.75) is 19.0 Å². The predicted octanol–water partition coefficient (Wildman–Crippen LogP) is 3.29. The first kappa shape index (κ1) is 18.0. The molecule has 0 aliphatic rings. The van der Waals surface area contributed by atoms with Gasteiger partial charge in [-0.3, -0.25) is 4.79 Å². The van der Waals surface area contributed by atoms with E-state index in [2.05, 4.69) is 20.8 Å². The van der Waals surface area contributed by atoms with Crippen LogP contribution in [0.5, 0.6) is 0 Å². The van der Waals surface area contributed by atoms with Gasteiger partial charge in [-0.2, -0.15) is 4.68 Å². The minimum Gasteiger partial charge on any atom is -0.325 e. The maximum Gasteiger partial charge on any atom is 0.234 e. The molecule has 0 fully saturated rings. The lowest BCUT2D eigenvalue weighted by atomic mass is 10.1. The standard InChI is InChI=1S/C17H15F2N5OS/c1-10-3-6-15(11(2)7-10)24-17(21-22-23-24)26-9-16(25)20-12-4-5-13(18)14(19)8-12/h3-8H,9H2,1-2H3,(H,20,25). The van der Waals surface area contributed by atoms with E-state index in [0.717, 1.165) is 40.7 Å². The third kappa shape index (κ3) is 4.05. The largest absolute Gasteiger partial charge is 0.325 e. The van der Waals surface area contributed by atoms with Gasteiger partial charge in [0.1, 0.15) is 0 Å². The van der Waals surface area contributed by atoms with Crippen molar-refractivity contribution in [2.75, 3.05) is 11.1 Å². The number of halogens is 2. The lowest BCUT2D eigenvalue weighted by Gasteiger charge is -2.08. The third-order valence-electron chi connectivity index (χ3n) is 3.56. The van der Waals surface area contributed by atoms with Crippen LogP contribution in [0, 0.1) is 25.5 Å². The summed E-state index contributed by atoms with van der Waals surface area (Å²) >= 11 is 1.14. The molecule has 0 bridgehead atoms. The molecule has 0 unspecified atom stereocenters. The molecule has 0 radical (unpaired) electrons. The molecular formula is C17H15F2N5OS. The van der Waals surface area contributed by atoms with Crippen LogP contribution in [0.4, 0.5) is 14.5 Å². The number of aryl methyl sites for hydroxylation is 2. The first-order valence-electron chi connectivity index (χ1n) is 7.68. The van der Waals surface area contributed by atoms with Crippen LogP contribution in [0.3, 0.4) is 0 Å². The van der Waals surface area contributed by atoms with Crippen molar-refractivity contribution in [1.82, 2.24) is 20.2 Å². The molecule has 1 heterocycles. The number of anilines is 1. The Labute approximate surface area is 152 Å². The van der Waals surface area contributed by atoms with Crippen molar-refractivity contribution in [3.8, 4) is 5.69 Å². The van der Waals surface area contributed by atoms with Crippen LogP contribution in [0.15, 0.2) is 41.6 Å². The van der Waals surface area contributed by atoms with Gasteiger partial charge in [-0.25, -0.2) is 8.78 Å². The van der Waals surface area contributed by atoms with Crippen LogP contribution in [-0.2, 0) is 4.79 Å². The molecule has 0 atom stereocenters. The number of carbonyl (C=O) groups is 1. The van der Waals surface area contributed by atoms with Gasteiger partial charge in [0.15, 0.2) is 11.6 Å². The van der Waals surface area contributed by atoms with E-state index in [-0.39, 0.29) is 17.3 Å². The number of hydrogen-bond acceptors (Lipinski definition) is 5. The summed E-state index contributed by atoms with van der Waals surface area (Å²) in [5, 5.41) is 14.5. The Bertz CT molecular complexity index is 960. The first-order chi connectivity index (χ1) is 12.4. The lowest BCUT2D eigenvalue weighted by Crippen LogP contribution is -2.15. The van der Waals surface area contributed by atoms with Crippen LogP contribution in [0.2, 0.25) is 0 Å². The summed E-state index contributed by atoms with van der Waals surface area (Å²) in [7, 11) is 0. The quantitative estimate of drug-likeness (QED) is 0.693. The molecule has 3 rings (SSSR count). The second-order valence-electron chi connectivity index (χ2n) is 5.63. The molecule has 134 valence electrons. The molecule has 0 saturated carbocycles. The number of nitrogens with zero attached hydrogens (tertiary/aromatic N) is 4. The fraction of sp³-hybridized carbons (Fsp3) is 0.176. The molecule has 1 amide bonds. The maximum atomic E-state index is 13.2. The molecule has 1 N–H and O–H groups in total. The Morgan fingerprint density at radius 2 is 1.96 bits per heavy atom. The molecule has 9 heteroatoms. The number of carbonyl (C=O) groups excluding carboxylic acids is 1. The topological polar surface area (TPSA) is 72.7 Å². The molecule has 0 saturated heterocycles. The van der Waals surface area contributed by atoms with Crippen LogP contribution in [0.25, 0.3) is 5.69 Å². The van der Waals surface area contributed by atoms with Gasteiger partial charge in [0.2, 0.25) is 11.1 Å². The molecule has 1 aromatic heterocycles. The number of amides is 1. The summed E-state index contributed by atoms with van der Waals surface area (Å²) in [6.07, 6.45) is 0. The number of thioether (sulfide) groups is 1. The lowest BCUT2D eigenvalue weighted by molar-refractivity contribution is -0.113. The van der Waals surface area contributed by atoms with Crippen LogP contribution < -0.4 is 5.32 Å². The Morgan fingerprint density at radius 1 is 1.15 bits per heavy atom. The summed E-state index contributed by atoms with van der Waals surface area (Å²) in [4.78, 5) is 12.0. The van der Waals surface area contributed by atoms with Gasteiger partial charge in [-0.05, 0) is 48.0 Å². The number of rotatable bonds is 5. The minimum absolute atomic E-state index is 0.0181. The normalized spacial score (nSPS) is 10.8. The zero-order valence-corrected chi connectivity index (χ0v) is 14.8. The molecule has 3 aromatic rings. The van der Waals surface area contributed by atoms with Crippen LogP contribution >= 0.6 is 11.8 Å². The molecule has 6 nitrogen and oxygen atoms in total. The second kappa shape index (κ2) is 7.61. The van der Waals surface area contributed by atoms with Gasteiger partial charge in [0.25, 0.3) is 0 Å². The summed E-state index contributed by atoms with van der Waals surface area (Å²) in [6, 6.07) is 9.05. The summed E-state index contributed by atoms with van der Waals surface area (Å²) in [6.45, 7) is 3.95. The molecular weight excluding hydrogens is 360 g/mol. The van der Waals surface area contributed by atoms with E-state index in [9.17, 15) is 13.6 Å². The maximum absolute atomic E-state index is 13.2. The van der Waals surface area contributed by atoms with Crippen LogP contribution in [0.1, 0.15) is 11.1 Å². The van der Waals surface area contributed by atoms with Crippen LogP contribution in [-0.4, -0.2) is 31.9 Å². The van der Waals surface area contributed by atoms with Gasteiger partial charge in [-0.1, -0.05) is 29.5 Å². The zero-order chi connectivity index (χ0) is 18.7. The first-order valence-corrected chi connectivity index (χ1v) is 8.66. The van der Waals surface area contributed by atoms with Crippen molar-refractivity contribution >= 4 is 23.4 Å². The summed E-state index contributed by atoms with van der Waals surface area (Å²) in [5.74, 6) is -2.35. The highest BCUT2D eigenvalue weighted by atomic mass is 32.2. The Balaban J connectivity index is 1.68. The van der Waals surface area contributed by atoms with Gasteiger partial charge < -0.3 is 5.32 Å². The number of nitrogens with one attached hydrogen (secondary N) is 1. The summed E-state index contributed by atoms with van der Waals surface area (Å²) in [5.41, 5.74) is 3.14. The average molecular weight is 375 g/mol. The van der Waals surface area contributed by atoms with Crippen molar-refractivity contribution in [3.05, 3.63) is 59.2 Å². The van der Waals surface area contributed by atoms with E-state index in [1.54, 1.807) is 4.68 Å². The van der Waals surface area contributed by atoms with E-state index >= 15 is 0 Å². The highest BCUT2D eigenvalue weighted by Gasteiger charge is 2.14. The van der Waals surface area contributed by atoms with E-state index in [1.165, 1.54) is 6.07 Å². The van der Waals surface area contributed by atoms with E-state index in [4.69, 9.17) is 0 Å². The van der Waals surface area contributed by atoms with Crippen molar-refractivity contribution in [1.29, 1.82) is 0 Å². The minimum atomic E-state index is -1.02. The zero-order valence-electron chi connectivity index (χ0n) is 14.0. The monoisotopic (exact) mass is 375 g/mol. The number of aromatic nitrogens is 4. The Morgan fingerprint density at radius 3 is 2.69 bits per heavy atom. The highest BCUT2D eigenvalue weighted by Crippen LogP contribution is 2.22. The molecule has 0 aliphatic carbocycles. The van der Waals surface area contributed by atoms with Crippen molar-refractivity contribution < 1.29 is 13.6 Å². The highest BCUT2D eigenvalue weighted by molar-refractivity contribution is 7.99. The van der Waals surface area contributed by atoms with Gasteiger partial charge >= 0.3 is 0 Å². The Kier molecular flexibility index (Phi) is 5.27. The number of hydrogen-bond donors (Lipinski definition) is 1. The van der Waals surface area contributed by atoms with Crippen molar-refractivity contribution in [2.24, 2.45) is 0 Å². The fourth-order valence-corrected chi connectivity index (χ4v) is 3.05. The van der Waals surface area contributed by atoms with Gasteiger partial charge in [-0.15, -0.1) is 5.10 Å². The molecule has 26 heavy (non-hydrogen) atoms. The Hall–Kier alpha value is -2.81. The predicted molar refractivity (Wildman–Crippen MR) is 94.3 cm³/mol. The SMILES string of the molecule is Cc1ccc(-n2nnnc2SCC(=O)Nc2ccc(F)c(F)c2)c(C)c1. The van der Waals surface area contributed by atoms with E-state index in [0.29, 0.717) is 5.16 Å². The number of tetrazole rings is 1. The molecule has 0 aliphatic heterocycles. The number of benzene rings is 2. The molecule has 0 spiro atoms. The van der Waals surface area contributed by atoms with Crippen molar-refractivity contribution in [3.63, 3.8) is 0 Å². The van der Waals surface area contributed by atoms with E-state index in [1.807, 2.05) is 32.0 Å². The van der Waals surface area contributed by atoms with Gasteiger partial charge in [0.05, 0.1) is 11.4 Å². The molecule has 2 aromatic carbocycles.